The minimum absolute atomic E-state index is 0.0303. The molecule has 0 aliphatic rings. The molecule has 2 heterocycles. The van der Waals surface area contributed by atoms with E-state index in [1.165, 1.54) is 12.4 Å². The van der Waals surface area contributed by atoms with E-state index in [0.717, 1.165) is 16.8 Å². The Hall–Kier alpha value is -3.10. The Morgan fingerprint density at radius 2 is 2.15 bits per heavy atom. The molecule has 0 aliphatic heterocycles. The molecule has 9 heteroatoms. The molecule has 0 spiro atoms. The van der Waals surface area contributed by atoms with Crippen molar-refractivity contribution in [3.05, 3.63) is 40.4 Å². The van der Waals surface area contributed by atoms with E-state index in [9.17, 15) is 19.5 Å². The number of nitrogens with zero attached hydrogens (tertiary/aromatic N) is 2. The first-order chi connectivity index (χ1) is 9.44. The lowest BCUT2D eigenvalue weighted by Crippen LogP contribution is -2.15. The van der Waals surface area contributed by atoms with Gasteiger partial charge in [-0.05, 0) is 0 Å². The summed E-state index contributed by atoms with van der Waals surface area (Å²) in [6, 6.07) is 2.12. The topological polar surface area (TPSA) is 137 Å². The predicted molar refractivity (Wildman–Crippen MR) is 66.5 cm³/mol. The van der Waals surface area contributed by atoms with E-state index in [1.807, 2.05) is 0 Å². The van der Waals surface area contributed by atoms with E-state index in [-0.39, 0.29) is 17.8 Å². The molecule has 0 radical (unpaired) electrons. The maximum atomic E-state index is 11.8. The number of aromatic hydroxyl groups is 1. The van der Waals surface area contributed by atoms with Gasteiger partial charge in [0.25, 0.3) is 11.5 Å². The Balaban J connectivity index is 2.13. The van der Waals surface area contributed by atoms with Crippen molar-refractivity contribution in [2.24, 2.45) is 0 Å². The van der Waals surface area contributed by atoms with Gasteiger partial charge in [-0.2, -0.15) is 5.10 Å². The fourth-order valence-electron chi connectivity index (χ4n) is 1.52. The number of rotatable bonds is 4. The average Bonchev–Trinajstić information content (AvgIpc) is 2.74. The number of aliphatic carboxylic acids is 1. The van der Waals surface area contributed by atoms with Gasteiger partial charge in [0.2, 0.25) is 0 Å². The van der Waals surface area contributed by atoms with Crippen LogP contribution >= 0.6 is 0 Å². The normalized spacial score (nSPS) is 10.2. The molecule has 2 rings (SSSR count). The molecule has 4 N–H and O–H groups in total. The average molecular weight is 278 g/mol. The summed E-state index contributed by atoms with van der Waals surface area (Å²) in [7, 11) is 0. The highest BCUT2D eigenvalue weighted by molar-refractivity contribution is 6.04. The van der Waals surface area contributed by atoms with Crippen LogP contribution in [0.15, 0.2) is 29.3 Å². The maximum Gasteiger partial charge on any atom is 0.325 e. The van der Waals surface area contributed by atoms with Crippen molar-refractivity contribution < 1.29 is 19.8 Å². The third-order valence-electron chi connectivity index (χ3n) is 2.28. The molecule has 2 aromatic rings. The van der Waals surface area contributed by atoms with E-state index in [1.54, 1.807) is 0 Å². The van der Waals surface area contributed by atoms with Crippen molar-refractivity contribution in [1.29, 1.82) is 0 Å². The first-order valence-corrected chi connectivity index (χ1v) is 5.43. The van der Waals surface area contributed by atoms with Gasteiger partial charge in [0.05, 0.1) is 17.4 Å². The molecule has 104 valence electrons. The van der Waals surface area contributed by atoms with Gasteiger partial charge in [-0.3, -0.25) is 24.0 Å². The molecule has 0 bridgehead atoms. The summed E-state index contributed by atoms with van der Waals surface area (Å²) in [5, 5.41) is 23.9. The molecule has 0 aromatic carbocycles. The van der Waals surface area contributed by atoms with Crippen LogP contribution < -0.4 is 10.9 Å². The van der Waals surface area contributed by atoms with Crippen molar-refractivity contribution in [2.45, 2.75) is 6.54 Å². The number of pyridine rings is 1. The lowest BCUT2D eigenvalue weighted by Gasteiger charge is -2.02. The van der Waals surface area contributed by atoms with Gasteiger partial charge in [-0.25, -0.2) is 0 Å². The lowest BCUT2D eigenvalue weighted by molar-refractivity contribution is -0.137. The zero-order valence-corrected chi connectivity index (χ0v) is 10.0. The number of amides is 1. The molecule has 9 nitrogen and oxygen atoms in total. The zero-order valence-electron chi connectivity index (χ0n) is 10.0. The number of carboxylic acid groups (broad SMARTS) is 1. The quantitative estimate of drug-likeness (QED) is 0.601. The molecule has 20 heavy (non-hydrogen) atoms. The van der Waals surface area contributed by atoms with Gasteiger partial charge in [0.1, 0.15) is 6.54 Å². The second kappa shape index (κ2) is 5.26. The van der Waals surface area contributed by atoms with Crippen LogP contribution in [0.3, 0.4) is 0 Å². The third-order valence-corrected chi connectivity index (χ3v) is 2.28. The van der Waals surface area contributed by atoms with Crippen molar-refractivity contribution in [3.8, 4) is 5.88 Å². The Morgan fingerprint density at radius 3 is 2.80 bits per heavy atom. The van der Waals surface area contributed by atoms with Gasteiger partial charge in [-0.15, -0.1) is 0 Å². The fourth-order valence-corrected chi connectivity index (χ4v) is 1.52. The number of hydrogen-bond acceptors (Lipinski definition) is 5. The van der Waals surface area contributed by atoms with Gasteiger partial charge < -0.3 is 15.5 Å². The number of carbonyl (C=O) groups excluding carboxylic acids is 1. The van der Waals surface area contributed by atoms with Gasteiger partial charge >= 0.3 is 5.97 Å². The molecule has 2 aromatic heterocycles. The number of hydrogen-bond donors (Lipinski definition) is 4. The summed E-state index contributed by atoms with van der Waals surface area (Å²) in [5.74, 6) is -2.11. The van der Waals surface area contributed by atoms with Crippen LogP contribution in [0.25, 0.3) is 0 Å². The smallest absolute Gasteiger partial charge is 0.325 e. The summed E-state index contributed by atoms with van der Waals surface area (Å²) in [6.45, 7) is -0.332. The van der Waals surface area contributed by atoms with Crippen LogP contribution in [0.4, 0.5) is 5.69 Å². The number of nitrogens with one attached hydrogen (secondary N) is 2. The second-order valence-corrected chi connectivity index (χ2v) is 3.89. The Kier molecular flexibility index (Phi) is 3.51. The SMILES string of the molecule is O=C(O)Cn1cc(NC(=O)c2cc(O)[nH]c(=O)c2)cn1. The molecular formula is C11H10N4O5. The molecule has 0 aliphatic carbocycles. The monoisotopic (exact) mass is 278 g/mol. The first-order valence-electron chi connectivity index (χ1n) is 5.43. The largest absolute Gasteiger partial charge is 0.494 e. The highest BCUT2D eigenvalue weighted by Gasteiger charge is 2.10. The van der Waals surface area contributed by atoms with E-state index in [4.69, 9.17) is 5.11 Å². The van der Waals surface area contributed by atoms with E-state index in [0.29, 0.717) is 0 Å². The van der Waals surface area contributed by atoms with E-state index >= 15 is 0 Å². The molecule has 1 amide bonds. The number of anilines is 1. The molecular weight excluding hydrogens is 268 g/mol. The van der Waals surface area contributed by atoms with Crippen LogP contribution in [-0.4, -0.2) is 36.9 Å². The maximum absolute atomic E-state index is 11.8. The number of carbonyl (C=O) groups is 2. The summed E-state index contributed by atoms with van der Waals surface area (Å²) < 4.78 is 1.13. The van der Waals surface area contributed by atoms with Gasteiger partial charge in [0.15, 0.2) is 5.88 Å². The third kappa shape index (κ3) is 3.22. The van der Waals surface area contributed by atoms with E-state index in [2.05, 4.69) is 15.4 Å². The first kappa shape index (κ1) is 13.3. The lowest BCUT2D eigenvalue weighted by atomic mass is 10.2. The minimum atomic E-state index is -1.06. The number of H-pyrrole nitrogens is 1. The van der Waals surface area contributed by atoms with Crippen LogP contribution in [0.1, 0.15) is 10.4 Å². The van der Waals surface area contributed by atoms with Crippen LogP contribution in [0.2, 0.25) is 0 Å². The van der Waals surface area contributed by atoms with Gasteiger partial charge in [-0.1, -0.05) is 0 Å². The van der Waals surface area contributed by atoms with E-state index < -0.39 is 23.3 Å². The molecule has 0 atom stereocenters. The molecule has 0 saturated heterocycles. The molecule has 0 saturated carbocycles. The molecule has 0 fully saturated rings. The second-order valence-electron chi connectivity index (χ2n) is 3.89. The summed E-state index contributed by atoms with van der Waals surface area (Å²) in [6.07, 6.45) is 2.60. The van der Waals surface area contributed by atoms with Crippen molar-refractivity contribution in [1.82, 2.24) is 14.8 Å². The number of aromatic nitrogens is 3. The molecule has 0 unspecified atom stereocenters. The fraction of sp³-hybridized carbons (Fsp3) is 0.0909. The highest BCUT2D eigenvalue weighted by Crippen LogP contribution is 2.09. The summed E-state index contributed by atoms with van der Waals surface area (Å²) in [4.78, 5) is 35.5. The van der Waals surface area contributed by atoms with Crippen LogP contribution in [0.5, 0.6) is 5.88 Å². The minimum Gasteiger partial charge on any atom is -0.494 e. The van der Waals surface area contributed by atoms with Crippen molar-refractivity contribution in [3.63, 3.8) is 0 Å². The summed E-state index contributed by atoms with van der Waals surface area (Å²) >= 11 is 0. The predicted octanol–water partition coefficient (Wildman–Crippen LogP) is -0.386. The Morgan fingerprint density at radius 1 is 1.40 bits per heavy atom. The Labute approximate surface area is 111 Å². The number of aromatic amines is 1. The van der Waals surface area contributed by atoms with Crippen molar-refractivity contribution >= 4 is 17.6 Å². The highest BCUT2D eigenvalue weighted by atomic mass is 16.4. The summed E-state index contributed by atoms with van der Waals surface area (Å²) in [5.41, 5.74) is -0.370. The standard InChI is InChI=1S/C11H10N4O5/c16-8-1-6(2-9(17)14-8)11(20)13-7-3-12-15(4-7)5-10(18)19/h1-4H,5H2,(H,13,20)(H,18,19)(H2,14,16,17). The van der Waals surface area contributed by atoms with Gasteiger partial charge in [0, 0.05) is 18.3 Å². The number of carboxylic acids is 1. The van der Waals surface area contributed by atoms with Crippen LogP contribution in [0, 0.1) is 0 Å². The van der Waals surface area contributed by atoms with Crippen LogP contribution in [-0.2, 0) is 11.3 Å². The zero-order chi connectivity index (χ0) is 14.7. The Bertz CT molecular complexity index is 718. The van der Waals surface area contributed by atoms with Crippen molar-refractivity contribution in [2.75, 3.05) is 5.32 Å².